The Labute approximate surface area is 117 Å². The van der Waals surface area contributed by atoms with Crippen LogP contribution in [0.15, 0.2) is 12.4 Å². The van der Waals surface area contributed by atoms with Crippen molar-refractivity contribution in [2.75, 3.05) is 5.32 Å². The number of hydrogen-bond donors (Lipinski definition) is 1. The third kappa shape index (κ3) is 2.66. The molecule has 0 aliphatic heterocycles. The average Bonchev–Trinajstić information content (AvgIpc) is 2.95. The smallest absolute Gasteiger partial charge is 0.203 e. The number of hydrogen-bond acceptors (Lipinski definition) is 4. The van der Waals surface area contributed by atoms with E-state index in [1.807, 2.05) is 13.1 Å². The van der Waals surface area contributed by atoms with Crippen molar-refractivity contribution in [2.24, 2.45) is 0 Å². The van der Waals surface area contributed by atoms with E-state index >= 15 is 0 Å². The molecule has 5 heteroatoms. The zero-order valence-electron chi connectivity index (χ0n) is 11.7. The van der Waals surface area contributed by atoms with Gasteiger partial charge in [-0.05, 0) is 33.1 Å². The van der Waals surface area contributed by atoms with E-state index in [-0.39, 0.29) is 6.04 Å². The molecule has 4 nitrogen and oxygen atoms in total. The molecular weight excluding hydrogens is 256 g/mol. The van der Waals surface area contributed by atoms with E-state index in [9.17, 15) is 0 Å². The molecule has 2 heterocycles. The SMILES string of the molecule is CCc1cnc(C(C)n2cc(C)nc2NC2CC2)s1. The van der Waals surface area contributed by atoms with Crippen molar-refractivity contribution in [3.05, 3.63) is 28.0 Å². The first-order valence-corrected chi connectivity index (χ1v) is 7.75. The summed E-state index contributed by atoms with van der Waals surface area (Å²) >= 11 is 1.80. The van der Waals surface area contributed by atoms with Crippen LogP contribution in [0.1, 0.15) is 48.3 Å². The second-order valence-electron chi connectivity index (χ2n) is 5.23. The van der Waals surface area contributed by atoms with Crippen molar-refractivity contribution in [3.8, 4) is 0 Å². The quantitative estimate of drug-likeness (QED) is 0.910. The number of imidazole rings is 1. The minimum absolute atomic E-state index is 0.243. The molecule has 1 aliphatic rings. The summed E-state index contributed by atoms with van der Waals surface area (Å²) in [5.41, 5.74) is 1.06. The Bertz CT molecular complexity index is 568. The van der Waals surface area contributed by atoms with Crippen molar-refractivity contribution in [2.45, 2.75) is 52.1 Å². The first-order valence-electron chi connectivity index (χ1n) is 6.94. The maximum absolute atomic E-state index is 4.59. The number of anilines is 1. The molecule has 1 N–H and O–H groups in total. The Kier molecular flexibility index (Phi) is 3.31. The third-order valence-corrected chi connectivity index (χ3v) is 4.77. The number of nitrogens with zero attached hydrogens (tertiary/aromatic N) is 3. The molecule has 1 unspecified atom stereocenters. The number of nitrogens with one attached hydrogen (secondary N) is 1. The van der Waals surface area contributed by atoms with E-state index in [1.54, 1.807) is 11.3 Å². The van der Waals surface area contributed by atoms with Gasteiger partial charge in [-0.2, -0.15) is 0 Å². The number of rotatable bonds is 5. The summed E-state index contributed by atoms with van der Waals surface area (Å²) in [6.07, 6.45) is 7.69. The van der Waals surface area contributed by atoms with Crippen molar-refractivity contribution < 1.29 is 0 Å². The van der Waals surface area contributed by atoms with Gasteiger partial charge in [-0.15, -0.1) is 11.3 Å². The molecule has 19 heavy (non-hydrogen) atoms. The highest BCUT2D eigenvalue weighted by atomic mass is 32.1. The second-order valence-corrected chi connectivity index (χ2v) is 6.37. The molecular formula is C14H20N4S. The Morgan fingerprint density at radius 3 is 2.95 bits per heavy atom. The lowest BCUT2D eigenvalue weighted by Gasteiger charge is -2.14. The molecule has 0 saturated heterocycles. The second kappa shape index (κ2) is 4.96. The van der Waals surface area contributed by atoms with Crippen LogP contribution in [0.25, 0.3) is 0 Å². The normalized spacial score (nSPS) is 16.6. The van der Waals surface area contributed by atoms with Gasteiger partial charge >= 0.3 is 0 Å². The molecule has 0 spiro atoms. The summed E-state index contributed by atoms with van der Waals surface area (Å²) in [5, 5.41) is 4.67. The Morgan fingerprint density at radius 2 is 2.32 bits per heavy atom. The van der Waals surface area contributed by atoms with Crippen LogP contribution in [-0.2, 0) is 6.42 Å². The van der Waals surface area contributed by atoms with Crippen molar-refractivity contribution in [3.63, 3.8) is 0 Å². The van der Waals surface area contributed by atoms with Gasteiger partial charge in [-0.25, -0.2) is 9.97 Å². The minimum atomic E-state index is 0.243. The van der Waals surface area contributed by atoms with E-state index in [0.29, 0.717) is 6.04 Å². The van der Waals surface area contributed by atoms with E-state index < -0.39 is 0 Å². The monoisotopic (exact) mass is 276 g/mol. The molecule has 2 aromatic heterocycles. The minimum Gasteiger partial charge on any atom is -0.353 e. The van der Waals surface area contributed by atoms with Crippen LogP contribution in [0.3, 0.4) is 0 Å². The van der Waals surface area contributed by atoms with Crippen LogP contribution < -0.4 is 5.32 Å². The molecule has 0 amide bonds. The van der Waals surface area contributed by atoms with Gasteiger partial charge in [-0.3, -0.25) is 0 Å². The zero-order valence-corrected chi connectivity index (χ0v) is 12.5. The summed E-state index contributed by atoms with van der Waals surface area (Å²) in [4.78, 5) is 10.5. The molecule has 0 bridgehead atoms. The van der Waals surface area contributed by atoms with E-state index in [2.05, 4.69) is 39.9 Å². The van der Waals surface area contributed by atoms with Crippen molar-refractivity contribution in [1.29, 1.82) is 0 Å². The highest BCUT2D eigenvalue weighted by molar-refractivity contribution is 7.11. The van der Waals surface area contributed by atoms with Gasteiger partial charge in [-0.1, -0.05) is 6.92 Å². The molecule has 1 fully saturated rings. The number of aryl methyl sites for hydroxylation is 2. The van der Waals surface area contributed by atoms with Gasteiger partial charge in [0.05, 0.1) is 11.7 Å². The standard InChI is InChI=1S/C14H20N4S/c1-4-12-7-15-13(19-12)10(3)18-8-9(2)16-14(18)17-11-5-6-11/h7-8,10-11H,4-6H2,1-3H3,(H,16,17). The summed E-state index contributed by atoms with van der Waals surface area (Å²) in [6, 6.07) is 0.864. The Balaban J connectivity index is 1.86. The third-order valence-electron chi connectivity index (χ3n) is 3.46. The summed E-state index contributed by atoms with van der Waals surface area (Å²) in [6.45, 7) is 6.40. The number of thiazole rings is 1. The van der Waals surface area contributed by atoms with E-state index in [0.717, 1.165) is 23.1 Å². The van der Waals surface area contributed by atoms with E-state index in [4.69, 9.17) is 0 Å². The highest BCUT2D eigenvalue weighted by Gasteiger charge is 2.24. The Hall–Kier alpha value is -1.36. The lowest BCUT2D eigenvalue weighted by atomic mass is 10.3. The first kappa shape index (κ1) is 12.7. The maximum Gasteiger partial charge on any atom is 0.203 e. The maximum atomic E-state index is 4.59. The van der Waals surface area contributed by atoms with Gasteiger partial charge in [0.15, 0.2) is 0 Å². The lowest BCUT2D eigenvalue weighted by molar-refractivity contribution is 0.638. The van der Waals surface area contributed by atoms with Crippen molar-refractivity contribution >= 4 is 17.3 Å². The fraction of sp³-hybridized carbons (Fsp3) is 0.571. The molecule has 102 valence electrons. The zero-order chi connectivity index (χ0) is 13.4. The summed E-state index contributed by atoms with van der Waals surface area (Å²) in [5.74, 6) is 0.987. The van der Waals surface area contributed by atoms with E-state index in [1.165, 1.54) is 17.7 Å². The van der Waals surface area contributed by atoms with Gasteiger partial charge in [0.25, 0.3) is 0 Å². The largest absolute Gasteiger partial charge is 0.353 e. The number of aromatic nitrogens is 3. The molecule has 2 aromatic rings. The van der Waals surface area contributed by atoms with Crippen LogP contribution >= 0.6 is 11.3 Å². The predicted molar refractivity (Wildman–Crippen MR) is 78.9 cm³/mol. The van der Waals surface area contributed by atoms with Crippen LogP contribution in [0.4, 0.5) is 5.95 Å². The Morgan fingerprint density at radius 1 is 1.53 bits per heavy atom. The van der Waals surface area contributed by atoms with Gasteiger partial charge < -0.3 is 9.88 Å². The van der Waals surface area contributed by atoms with Crippen LogP contribution in [0, 0.1) is 6.92 Å². The van der Waals surface area contributed by atoms with Crippen LogP contribution in [0.5, 0.6) is 0 Å². The average molecular weight is 276 g/mol. The van der Waals surface area contributed by atoms with Gasteiger partial charge in [0, 0.05) is 23.3 Å². The molecule has 0 radical (unpaired) electrons. The topological polar surface area (TPSA) is 42.7 Å². The van der Waals surface area contributed by atoms with Crippen molar-refractivity contribution in [1.82, 2.24) is 14.5 Å². The van der Waals surface area contributed by atoms with Crippen LogP contribution in [-0.4, -0.2) is 20.6 Å². The molecule has 0 aromatic carbocycles. The fourth-order valence-corrected chi connectivity index (χ4v) is 3.03. The molecule has 1 aliphatic carbocycles. The predicted octanol–water partition coefficient (Wildman–Crippen LogP) is 3.39. The van der Waals surface area contributed by atoms with Gasteiger partial charge in [0.1, 0.15) is 5.01 Å². The lowest BCUT2D eigenvalue weighted by Crippen LogP contribution is -2.12. The summed E-state index contributed by atoms with van der Waals surface area (Å²) in [7, 11) is 0. The first-order chi connectivity index (χ1) is 9.17. The molecule has 1 saturated carbocycles. The molecule has 3 rings (SSSR count). The fourth-order valence-electron chi connectivity index (χ4n) is 2.13. The highest BCUT2D eigenvalue weighted by Crippen LogP contribution is 2.29. The van der Waals surface area contributed by atoms with Crippen LogP contribution in [0.2, 0.25) is 0 Å². The summed E-state index contributed by atoms with van der Waals surface area (Å²) < 4.78 is 2.21. The van der Waals surface area contributed by atoms with Gasteiger partial charge in [0.2, 0.25) is 5.95 Å². The molecule has 1 atom stereocenters.